The maximum absolute atomic E-state index is 12.7. The van der Waals surface area contributed by atoms with Crippen LogP contribution in [0.4, 0.5) is 4.79 Å². The number of ether oxygens (including phenoxy) is 12. The van der Waals surface area contributed by atoms with E-state index in [0.29, 0.717) is 163 Å². The predicted octanol–water partition coefficient (Wildman–Crippen LogP) is 8.24. The van der Waals surface area contributed by atoms with Crippen LogP contribution in [-0.2, 0) is 56.8 Å². The molecule has 0 aliphatic heterocycles. The molecule has 0 spiro atoms. The van der Waals surface area contributed by atoms with Crippen LogP contribution in [0, 0.1) is 46.3 Å². The Bertz CT molecular complexity index is 1300. The van der Waals surface area contributed by atoms with Gasteiger partial charge < -0.3 is 62.2 Å². The van der Waals surface area contributed by atoms with E-state index in [2.05, 4.69) is 58.6 Å². The molecule has 3 saturated carbocycles. The van der Waals surface area contributed by atoms with Gasteiger partial charge in [0.25, 0.3) is 0 Å². The summed E-state index contributed by atoms with van der Waals surface area (Å²) in [5, 5.41) is 2.89. The highest BCUT2D eigenvalue weighted by molar-refractivity contribution is 7.80. The minimum Gasteiger partial charge on any atom is -0.446 e. The second kappa shape index (κ2) is 35.1. The Labute approximate surface area is 411 Å². The van der Waals surface area contributed by atoms with Crippen LogP contribution in [0.2, 0.25) is 0 Å². The fourth-order valence-corrected chi connectivity index (χ4v) is 11.7. The molecule has 3 fully saturated rings. The number of carbonyl (C=O) groups is 1. The zero-order valence-electron chi connectivity index (χ0n) is 42.6. The molecule has 4 aliphatic carbocycles. The summed E-state index contributed by atoms with van der Waals surface area (Å²) in [4.78, 5) is 12.7. The van der Waals surface area contributed by atoms with Gasteiger partial charge in [-0.2, -0.15) is 12.6 Å². The first-order chi connectivity index (χ1) is 32.7. The van der Waals surface area contributed by atoms with Gasteiger partial charge in [-0.05, 0) is 91.3 Å². The monoisotopic (exact) mass is 974 g/mol. The van der Waals surface area contributed by atoms with Crippen molar-refractivity contribution < 1.29 is 61.6 Å². The first-order valence-electron chi connectivity index (χ1n) is 26.3. The zero-order valence-corrected chi connectivity index (χ0v) is 43.5. The van der Waals surface area contributed by atoms with Gasteiger partial charge in [0.05, 0.1) is 145 Å². The lowest BCUT2D eigenvalue weighted by Crippen LogP contribution is -2.51. The number of carbonyl (C=O) groups excluding carboxylic acids is 1. The van der Waals surface area contributed by atoms with E-state index in [1.54, 1.807) is 5.57 Å². The van der Waals surface area contributed by atoms with E-state index < -0.39 is 0 Å². The second-order valence-electron chi connectivity index (χ2n) is 19.9. The average molecular weight is 974 g/mol. The highest BCUT2D eigenvalue weighted by Gasteiger charge is 2.59. The minimum absolute atomic E-state index is 0.0507. The normalized spacial score (nSPS) is 26.3. The van der Waals surface area contributed by atoms with Crippen LogP contribution in [0.5, 0.6) is 0 Å². The van der Waals surface area contributed by atoms with Crippen LogP contribution < -0.4 is 5.32 Å². The van der Waals surface area contributed by atoms with E-state index in [1.165, 1.54) is 51.4 Å². The standard InChI is InChI=1S/C52H95NO13S/c1-42(2)7-6-8-43(3)47-11-12-48-46-10-9-44-41-45(13-15-51(44,4)49(46)14-16-52(47,48)5)66-50(54)53-17-18-55-19-20-56-21-22-57-23-24-58-25-26-59-27-28-60-29-30-61-31-32-62-33-34-63-35-36-64-37-38-65-39-40-67/h9,42-43,45-49,67H,6-8,10-41H2,1-5H3,(H,53,54)/t43-,45+,46+,47-,48+,49+,51+,52-/m1/s1. The molecule has 1 amide bonds. The zero-order chi connectivity index (χ0) is 47.8. The van der Waals surface area contributed by atoms with E-state index >= 15 is 0 Å². The molecule has 67 heavy (non-hydrogen) atoms. The number of rotatable bonds is 41. The summed E-state index contributed by atoms with van der Waals surface area (Å²) < 4.78 is 66.5. The number of allylic oxidation sites excluding steroid dienone is 1. The molecule has 0 aromatic rings. The van der Waals surface area contributed by atoms with Crippen molar-refractivity contribution in [2.75, 3.05) is 158 Å². The Balaban J connectivity index is 0.864. The molecule has 0 unspecified atom stereocenters. The molecule has 15 heteroatoms. The molecule has 392 valence electrons. The van der Waals surface area contributed by atoms with Crippen LogP contribution in [0.3, 0.4) is 0 Å². The van der Waals surface area contributed by atoms with Crippen LogP contribution in [0.1, 0.15) is 105 Å². The van der Waals surface area contributed by atoms with Gasteiger partial charge in [-0.25, -0.2) is 4.79 Å². The molecule has 4 aliphatic rings. The molecular formula is C52H95NO13S. The van der Waals surface area contributed by atoms with Gasteiger partial charge in [0.1, 0.15) is 6.10 Å². The number of alkyl carbamates (subject to hydrolysis) is 1. The summed E-state index contributed by atoms with van der Waals surface area (Å²) in [5.41, 5.74) is 2.31. The minimum atomic E-state index is -0.342. The van der Waals surface area contributed by atoms with Gasteiger partial charge in [0, 0.05) is 18.7 Å². The highest BCUT2D eigenvalue weighted by Crippen LogP contribution is 2.67. The van der Waals surface area contributed by atoms with Gasteiger partial charge in [-0.15, -0.1) is 0 Å². The summed E-state index contributed by atoms with van der Waals surface area (Å²) in [5.74, 6) is 5.69. The van der Waals surface area contributed by atoms with Crippen molar-refractivity contribution in [2.24, 2.45) is 46.3 Å². The Morgan fingerprint density at radius 1 is 0.597 bits per heavy atom. The molecular weight excluding hydrogens is 879 g/mol. The van der Waals surface area contributed by atoms with Crippen molar-refractivity contribution in [3.05, 3.63) is 11.6 Å². The molecule has 0 bridgehead atoms. The molecule has 0 saturated heterocycles. The Morgan fingerprint density at radius 2 is 1.06 bits per heavy atom. The molecule has 0 radical (unpaired) electrons. The molecule has 8 atom stereocenters. The van der Waals surface area contributed by atoms with Crippen molar-refractivity contribution in [1.29, 1.82) is 0 Å². The van der Waals surface area contributed by atoms with Crippen LogP contribution in [-0.4, -0.2) is 170 Å². The Kier molecular flexibility index (Phi) is 30.6. The van der Waals surface area contributed by atoms with E-state index in [4.69, 9.17) is 56.8 Å². The highest BCUT2D eigenvalue weighted by atomic mass is 32.1. The van der Waals surface area contributed by atoms with Gasteiger partial charge in [0.2, 0.25) is 0 Å². The summed E-state index contributed by atoms with van der Waals surface area (Å²) >= 11 is 4.08. The Morgan fingerprint density at radius 3 is 1.52 bits per heavy atom. The van der Waals surface area contributed by atoms with Gasteiger partial charge in [-0.3, -0.25) is 0 Å². The number of amides is 1. The third-order valence-electron chi connectivity index (χ3n) is 15.0. The fraction of sp³-hybridized carbons (Fsp3) is 0.942. The molecule has 0 aromatic carbocycles. The largest absolute Gasteiger partial charge is 0.446 e. The van der Waals surface area contributed by atoms with Crippen LogP contribution >= 0.6 is 12.6 Å². The molecule has 0 heterocycles. The summed E-state index contributed by atoms with van der Waals surface area (Å²) in [6.07, 6.45) is 16.1. The van der Waals surface area contributed by atoms with Gasteiger partial charge in [0.15, 0.2) is 0 Å². The summed E-state index contributed by atoms with van der Waals surface area (Å²) in [6, 6.07) is 0. The van der Waals surface area contributed by atoms with Crippen molar-refractivity contribution in [3.8, 4) is 0 Å². The maximum Gasteiger partial charge on any atom is 0.407 e. The first-order valence-corrected chi connectivity index (χ1v) is 26.9. The van der Waals surface area contributed by atoms with E-state index in [9.17, 15) is 4.79 Å². The van der Waals surface area contributed by atoms with Crippen LogP contribution in [0.15, 0.2) is 11.6 Å². The summed E-state index contributed by atoms with van der Waals surface area (Å²) in [7, 11) is 0. The third kappa shape index (κ3) is 22.1. The average Bonchev–Trinajstić information content (AvgIpc) is 3.67. The fourth-order valence-electron chi connectivity index (χ4n) is 11.5. The molecule has 14 nitrogen and oxygen atoms in total. The SMILES string of the molecule is CC(C)CCC[C@@H](C)[C@H]1CC[C@H]2[C@@H]3CC=C4C[C@@H](OC(=O)NCCOCCOCCOCCOCCOCCOCCOCCOCCOCCOCCOCCS)CC[C@]4(C)[C@H]3CC[C@]12C. The number of fused-ring (bicyclic) bond motifs is 5. The van der Waals surface area contributed by atoms with Crippen molar-refractivity contribution in [1.82, 2.24) is 5.32 Å². The quantitative estimate of drug-likeness (QED) is 0.0346. The second-order valence-corrected chi connectivity index (χ2v) is 20.4. The number of nitrogens with one attached hydrogen (secondary N) is 1. The van der Waals surface area contributed by atoms with Crippen molar-refractivity contribution in [3.63, 3.8) is 0 Å². The van der Waals surface area contributed by atoms with Crippen molar-refractivity contribution >= 4 is 18.7 Å². The third-order valence-corrected chi connectivity index (χ3v) is 15.2. The van der Waals surface area contributed by atoms with Gasteiger partial charge >= 0.3 is 6.09 Å². The maximum atomic E-state index is 12.7. The first kappa shape index (κ1) is 58.5. The van der Waals surface area contributed by atoms with Gasteiger partial charge in [-0.1, -0.05) is 65.5 Å². The van der Waals surface area contributed by atoms with Crippen molar-refractivity contribution in [2.45, 2.75) is 111 Å². The molecule has 1 N–H and O–H groups in total. The molecule has 0 aromatic heterocycles. The number of hydrogen-bond acceptors (Lipinski definition) is 14. The van der Waals surface area contributed by atoms with E-state index in [0.717, 1.165) is 54.8 Å². The lowest BCUT2D eigenvalue weighted by atomic mass is 9.47. The lowest BCUT2D eigenvalue weighted by molar-refractivity contribution is -0.0581. The Hall–Kier alpha value is -1.08. The lowest BCUT2D eigenvalue weighted by Gasteiger charge is -2.58. The molecule has 4 rings (SSSR count). The van der Waals surface area contributed by atoms with E-state index in [1.807, 2.05) is 0 Å². The van der Waals surface area contributed by atoms with E-state index in [-0.39, 0.29) is 17.6 Å². The van der Waals surface area contributed by atoms with Crippen LogP contribution in [0.25, 0.3) is 0 Å². The topological polar surface area (TPSA) is 140 Å². The predicted molar refractivity (Wildman–Crippen MR) is 264 cm³/mol. The number of thiol groups is 1. The smallest absolute Gasteiger partial charge is 0.407 e. The number of hydrogen-bond donors (Lipinski definition) is 2. The summed E-state index contributed by atoms with van der Waals surface area (Å²) in [6.45, 7) is 24.1.